The molecule has 0 saturated carbocycles. The van der Waals surface area contributed by atoms with Gasteiger partial charge >= 0.3 is 5.97 Å². The van der Waals surface area contributed by atoms with Crippen LogP contribution in [0.2, 0.25) is 0 Å². The Morgan fingerprint density at radius 1 is 0.765 bits per heavy atom. The number of hydrogen-bond donors (Lipinski definition) is 2. The SMILES string of the molecule is O=C(O)CCOCCOCCOCCOCO. The van der Waals surface area contributed by atoms with Crippen molar-refractivity contribution in [2.75, 3.05) is 53.0 Å². The molecule has 0 fully saturated rings. The first-order valence-corrected chi connectivity index (χ1v) is 5.41. The zero-order valence-corrected chi connectivity index (χ0v) is 9.80. The van der Waals surface area contributed by atoms with Crippen LogP contribution in [0, 0.1) is 0 Å². The maximum absolute atomic E-state index is 10.1. The summed E-state index contributed by atoms with van der Waals surface area (Å²) in [5.41, 5.74) is 0. The third-order valence-electron chi connectivity index (χ3n) is 1.67. The van der Waals surface area contributed by atoms with E-state index in [1.54, 1.807) is 0 Å². The van der Waals surface area contributed by atoms with Gasteiger partial charge in [-0.2, -0.15) is 0 Å². The van der Waals surface area contributed by atoms with Gasteiger partial charge in [0, 0.05) is 0 Å². The van der Waals surface area contributed by atoms with Gasteiger partial charge in [0.1, 0.15) is 6.79 Å². The maximum Gasteiger partial charge on any atom is 0.305 e. The molecule has 0 rings (SSSR count). The van der Waals surface area contributed by atoms with Crippen molar-refractivity contribution in [2.24, 2.45) is 0 Å². The number of carboxylic acids is 1. The van der Waals surface area contributed by atoms with Crippen LogP contribution in [0.4, 0.5) is 0 Å². The van der Waals surface area contributed by atoms with Gasteiger partial charge in [0.25, 0.3) is 0 Å². The fraction of sp³-hybridized carbons (Fsp3) is 0.900. The van der Waals surface area contributed by atoms with Gasteiger partial charge in [0.05, 0.1) is 52.7 Å². The van der Waals surface area contributed by atoms with Crippen molar-refractivity contribution < 1.29 is 34.0 Å². The van der Waals surface area contributed by atoms with Crippen LogP contribution in [0.25, 0.3) is 0 Å². The summed E-state index contributed by atoms with van der Waals surface area (Å²) < 4.78 is 19.9. The number of aliphatic hydroxyl groups is 1. The molecule has 0 aliphatic carbocycles. The molecule has 0 heterocycles. The third-order valence-corrected chi connectivity index (χ3v) is 1.67. The van der Waals surface area contributed by atoms with Crippen LogP contribution in [-0.2, 0) is 23.7 Å². The Morgan fingerprint density at radius 2 is 1.18 bits per heavy atom. The number of carbonyl (C=O) groups is 1. The van der Waals surface area contributed by atoms with E-state index in [2.05, 4.69) is 4.74 Å². The summed E-state index contributed by atoms with van der Waals surface area (Å²) in [5, 5.41) is 16.6. The molecule has 102 valence electrons. The Bertz CT molecular complexity index is 174. The van der Waals surface area contributed by atoms with E-state index in [4.69, 9.17) is 24.4 Å². The van der Waals surface area contributed by atoms with Crippen LogP contribution in [0.5, 0.6) is 0 Å². The van der Waals surface area contributed by atoms with Gasteiger partial charge in [-0.3, -0.25) is 4.79 Å². The van der Waals surface area contributed by atoms with E-state index in [0.29, 0.717) is 39.6 Å². The van der Waals surface area contributed by atoms with Gasteiger partial charge in [-0.15, -0.1) is 0 Å². The second kappa shape index (κ2) is 13.3. The molecule has 0 aromatic rings. The molecule has 0 aromatic carbocycles. The normalized spacial score (nSPS) is 10.6. The highest BCUT2D eigenvalue weighted by Gasteiger charge is 1.96. The summed E-state index contributed by atoms with van der Waals surface area (Å²) in [7, 11) is 0. The van der Waals surface area contributed by atoms with E-state index in [0.717, 1.165) is 0 Å². The van der Waals surface area contributed by atoms with E-state index < -0.39 is 5.97 Å². The quantitative estimate of drug-likeness (QED) is 0.336. The van der Waals surface area contributed by atoms with Crippen LogP contribution in [0.1, 0.15) is 6.42 Å². The van der Waals surface area contributed by atoms with Gasteiger partial charge in [-0.05, 0) is 0 Å². The summed E-state index contributed by atoms with van der Waals surface area (Å²) in [4.78, 5) is 10.1. The Hall–Kier alpha value is -0.730. The van der Waals surface area contributed by atoms with E-state index in [1.165, 1.54) is 0 Å². The predicted molar refractivity (Wildman–Crippen MR) is 57.7 cm³/mol. The molecule has 0 saturated heterocycles. The molecule has 0 bridgehead atoms. The second-order valence-corrected chi connectivity index (χ2v) is 3.02. The lowest BCUT2D eigenvalue weighted by atomic mass is 10.5. The Balaban J connectivity index is 2.91. The number of ether oxygens (including phenoxy) is 4. The van der Waals surface area contributed by atoms with E-state index >= 15 is 0 Å². The van der Waals surface area contributed by atoms with Crippen LogP contribution >= 0.6 is 0 Å². The molecule has 0 aliphatic rings. The molecule has 0 aliphatic heterocycles. The fourth-order valence-electron chi connectivity index (χ4n) is 0.884. The summed E-state index contributed by atoms with van der Waals surface area (Å²) in [6.07, 6.45) is 0.00791. The van der Waals surface area contributed by atoms with Gasteiger partial charge < -0.3 is 29.2 Å². The van der Waals surface area contributed by atoms with E-state index in [9.17, 15) is 4.79 Å². The van der Waals surface area contributed by atoms with Gasteiger partial charge in [-0.25, -0.2) is 0 Å². The fourth-order valence-corrected chi connectivity index (χ4v) is 0.884. The molecular weight excluding hydrogens is 232 g/mol. The molecule has 7 nitrogen and oxygen atoms in total. The highest BCUT2D eigenvalue weighted by atomic mass is 16.6. The zero-order chi connectivity index (χ0) is 12.8. The predicted octanol–water partition coefficient (Wildman–Crippen LogP) is -0.523. The standard InChI is InChI=1S/C10H20O7/c11-9-17-8-7-16-6-5-15-4-3-14-2-1-10(12)13/h11H,1-9H2,(H,12,13). The molecule has 0 atom stereocenters. The maximum atomic E-state index is 10.1. The van der Waals surface area contributed by atoms with Crippen molar-refractivity contribution in [1.29, 1.82) is 0 Å². The summed E-state index contributed by atoms with van der Waals surface area (Å²) in [6, 6.07) is 0. The van der Waals surface area contributed by atoms with Crippen molar-refractivity contribution in [1.82, 2.24) is 0 Å². The topological polar surface area (TPSA) is 94.5 Å². The number of hydrogen-bond acceptors (Lipinski definition) is 6. The Kier molecular flexibility index (Phi) is 12.8. The molecule has 7 heteroatoms. The van der Waals surface area contributed by atoms with Crippen molar-refractivity contribution in [3.05, 3.63) is 0 Å². The largest absolute Gasteiger partial charge is 0.481 e. The number of carboxylic acid groups (broad SMARTS) is 1. The molecule has 0 radical (unpaired) electrons. The monoisotopic (exact) mass is 252 g/mol. The van der Waals surface area contributed by atoms with Gasteiger partial charge in [0.15, 0.2) is 0 Å². The van der Waals surface area contributed by atoms with Gasteiger partial charge in [0.2, 0.25) is 0 Å². The Labute approximate surface area is 100 Å². The van der Waals surface area contributed by atoms with Crippen molar-refractivity contribution in [3.63, 3.8) is 0 Å². The molecule has 17 heavy (non-hydrogen) atoms. The first kappa shape index (κ1) is 16.3. The van der Waals surface area contributed by atoms with E-state index in [1.807, 2.05) is 0 Å². The van der Waals surface area contributed by atoms with Crippen LogP contribution in [0.15, 0.2) is 0 Å². The highest BCUT2D eigenvalue weighted by molar-refractivity contribution is 5.66. The minimum Gasteiger partial charge on any atom is -0.481 e. The minimum absolute atomic E-state index is 0.00791. The lowest BCUT2D eigenvalue weighted by Crippen LogP contribution is -2.12. The Morgan fingerprint density at radius 3 is 1.59 bits per heavy atom. The third kappa shape index (κ3) is 15.3. The lowest BCUT2D eigenvalue weighted by molar-refractivity contribution is -0.138. The van der Waals surface area contributed by atoms with Gasteiger partial charge in [-0.1, -0.05) is 0 Å². The summed E-state index contributed by atoms with van der Waals surface area (Å²) in [5.74, 6) is -0.871. The molecule has 0 aromatic heterocycles. The van der Waals surface area contributed by atoms with Crippen LogP contribution < -0.4 is 0 Å². The first-order valence-electron chi connectivity index (χ1n) is 5.41. The first-order chi connectivity index (χ1) is 8.27. The van der Waals surface area contributed by atoms with Crippen molar-refractivity contribution >= 4 is 5.97 Å². The van der Waals surface area contributed by atoms with Crippen molar-refractivity contribution in [2.45, 2.75) is 6.42 Å². The minimum atomic E-state index is -0.871. The lowest BCUT2D eigenvalue weighted by Gasteiger charge is -2.06. The zero-order valence-electron chi connectivity index (χ0n) is 9.80. The summed E-state index contributed by atoms with van der Waals surface area (Å²) in [6.45, 7) is 2.36. The number of aliphatic hydroxyl groups excluding tert-OH is 1. The van der Waals surface area contributed by atoms with Crippen LogP contribution in [-0.4, -0.2) is 69.2 Å². The van der Waals surface area contributed by atoms with Crippen LogP contribution in [0.3, 0.4) is 0 Å². The smallest absolute Gasteiger partial charge is 0.305 e. The highest BCUT2D eigenvalue weighted by Crippen LogP contribution is 1.84. The molecule has 0 spiro atoms. The molecular formula is C10H20O7. The summed E-state index contributed by atoms with van der Waals surface area (Å²) >= 11 is 0. The number of rotatable bonds is 13. The average Bonchev–Trinajstić information content (AvgIpc) is 2.30. The average molecular weight is 252 g/mol. The molecule has 0 amide bonds. The van der Waals surface area contributed by atoms with E-state index in [-0.39, 0.29) is 19.8 Å². The second-order valence-electron chi connectivity index (χ2n) is 3.02. The number of aliphatic carboxylic acids is 1. The van der Waals surface area contributed by atoms with Crippen molar-refractivity contribution in [3.8, 4) is 0 Å². The molecule has 0 unspecified atom stereocenters. The molecule has 2 N–H and O–H groups in total.